The van der Waals surface area contributed by atoms with Crippen LogP contribution in [0.15, 0.2) is 35.4 Å². The van der Waals surface area contributed by atoms with Gasteiger partial charge < -0.3 is 4.98 Å². The highest BCUT2D eigenvalue weighted by Crippen LogP contribution is 2.22. The van der Waals surface area contributed by atoms with E-state index in [-0.39, 0.29) is 5.69 Å². The van der Waals surface area contributed by atoms with Crippen LogP contribution in [-0.4, -0.2) is 15.0 Å². The minimum absolute atomic E-state index is 0.318. The number of hydrogen-bond donors (Lipinski definition) is 1. The SMILES string of the molecule is Cc1[nH]c(=O)nc2c1ccc1ccncc12. The summed E-state index contributed by atoms with van der Waals surface area (Å²) in [5.74, 6) is 0. The first kappa shape index (κ1) is 9.03. The van der Waals surface area contributed by atoms with Crippen molar-refractivity contribution in [3.8, 4) is 0 Å². The van der Waals surface area contributed by atoms with Crippen molar-refractivity contribution in [2.75, 3.05) is 0 Å². The summed E-state index contributed by atoms with van der Waals surface area (Å²) in [7, 11) is 0. The van der Waals surface area contributed by atoms with Crippen LogP contribution in [0, 0.1) is 6.92 Å². The van der Waals surface area contributed by atoms with Crippen LogP contribution < -0.4 is 5.69 Å². The molecule has 0 saturated heterocycles. The summed E-state index contributed by atoms with van der Waals surface area (Å²) in [4.78, 5) is 22.1. The Hall–Kier alpha value is -2.23. The first-order valence-corrected chi connectivity index (χ1v) is 4.99. The lowest BCUT2D eigenvalue weighted by molar-refractivity contribution is 1.07. The quantitative estimate of drug-likeness (QED) is 0.576. The largest absolute Gasteiger partial charge is 0.345 e. The Kier molecular flexibility index (Phi) is 1.77. The second-order valence-electron chi connectivity index (χ2n) is 3.73. The lowest BCUT2D eigenvalue weighted by atomic mass is 10.1. The number of H-pyrrole nitrogens is 1. The van der Waals surface area contributed by atoms with Gasteiger partial charge in [-0.3, -0.25) is 4.98 Å². The second kappa shape index (κ2) is 3.13. The maximum absolute atomic E-state index is 11.4. The lowest BCUT2D eigenvalue weighted by Gasteiger charge is -2.03. The number of fused-ring (bicyclic) bond motifs is 3. The third-order valence-electron chi connectivity index (χ3n) is 2.71. The van der Waals surface area contributed by atoms with Crippen LogP contribution in [0.5, 0.6) is 0 Å². The summed E-state index contributed by atoms with van der Waals surface area (Å²) in [6.07, 6.45) is 3.47. The number of nitrogens with one attached hydrogen (secondary N) is 1. The van der Waals surface area contributed by atoms with Gasteiger partial charge >= 0.3 is 5.69 Å². The Labute approximate surface area is 91.0 Å². The van der Waals surface area contributed by atoms with Crippen molar-refractivity contribution in [3.63, 3.8) is 0 Å². The summed E-state index contributed by atoms with van der Waals surface area (Å²) < 4.78 is 0. The van der Waals surface area contributed by atoms with E-state index in [1.807, 2.05) is 25.1 Å². The number of nitrogens with zero attached hydrogens (tertiary/aromatic N) is 2. The molecule has 0 amide bonds. The van der Waals surface area contributed by atoms with E-state index < -0.39 is 0 Å². The number of aromatic amines is 1. The van der Waals surface area contributed by atoms with Crippen LogP contribution in [0.1, 0.15) is 5.69 Å². The van der Waals surface area contributed by atoms with E-state index in [1.54, 1.807) is 12.4 Å². The van der Waals surface area contributed by atoms with E-state index in [0.717, 1.165) is 21.9 Å². The minimum Gasteiger partial charge on any atom is -0.309 e. The Bertz CT molecular complexity index is 746. The zero-order valence-electron chi connectivity index (χ0n) is 8.69. The Morgan fingerprint density at radius 3 is 2.94 bits per heavy atom. The zero-order valence-corrected chi connectivity index (χ0v) is 8.69. The molecule has 0 aliphatic heterocycles. The van der Waals surface area contributed by atoms with Gasteiger partial charge in [0, 0.05) is 28.9 Å². The molecule has 4 heteroatoms. The van der Waals surface area contributed by atoms with Crippen molar-refractivity contribution in [1.29, 1.82) is 0 Å². The van der Waals surface area contributed by atoms with Crippen molar-refractivity contribution in [2.45, 2.75) is 6.92 Å². The van der Waals surface area contributed by atoms with Crippen LogP contribution in [0.4, 0.5) is 0 Å². The standard InChI is InChI=1S/C12H9N3O/c1-7-9-3-2-8-4-5-13-6-10(8)11(9)15-12(16)14-7/h2-6H,1H3,(H,14,15,16). The molecular formula is C12H9N3O. The lowest BCUT2D eigenvalue weighted by Crippen LogP contribution is -2.11. The molecule has 0 unspecified atom stereocenters. The summed E-state index contributed by atoms with van der Waals surface area (Å²) >= 11 is 0. The molecule has 0 aliphatic carbocycles. The molecule has 0 bridgehead atoms. The molecule has 1 aromatic carbocycles. The molecule has 0 radical (unpaired) electrons. The number of aromatic nitrogens is 3. The zero-order chi connectivity index (χ0) is 11.1. The van der Waals surface area contributed by atoms with Gasteiger partial charge in [0.05, 0.1) is 5.52 Å². The first-order chi connectivity index (χ1) is 7.75. The normalized spacial score (nSPS) is 11.1. The Balaban J connectivity index is 2.65. The van der Waals surface area contributed by atoms with Crippen molar-refractivity contribution in [1.82, 2.24) is 15.0 Å². The molecule has 0 spiro atoms. The van der Waals surface area contributed by atoms with Gasteiger partial charge in [0.15, 0.2) is 0 Å². The van der Waals surface area contributed by atoms with Crippen LogP contribution >= 0.6 is 0 Å². The smallest absolute Gasteiger partial charge is 0.309 e. The van der Waals surface area contributed by atoms with Crippen molar-refractivity contribution in [2.24, 2.45) is 0 Å². The molecule has 1 N–H and O–H groups in total. The van der Waals surface area contributed by atoms with Gasteiger partial charge in [0.1, 0.15) is 0 Å². The number of pyridine rings is 1. The van der Waals surface area contributed by atoms with E-state index in [2.05, 4.69) is 15.0 Å². The average molecular weight is 211 g/mol. The topological polar surface area (TPSA) is 58.6 Å². The first-order valence-electron chi connectivity index (χ1n) is 4.99. The van der Waals surface area contributed by atoms with E-state index in [0.29, 0.717) is 5.52 Å². The van der Waals surface area contributed by atoms with Crippen molar-refractivity contribution < 1.29 is 0 Å². The maximum Gasteiger partial charge on any atom is 0.345 e. The van der Waals surface area contributed by atoms with Crippen molar-refractivity contribution >= 4 is 21.7 Å². The number of aryl methyl sites for hydroxylation is 1. The summed E-state index contributed by atoms with van der Waals surface area (Å²) in [5.41, 5.74) is 1.23. The highest BCUT2D eigenvalue weighted by molar-refractivity contribution is 6.05. The molecule has 0 atom stereocenters. The van der Waals surface area contributed by atoms with Gasteiger partial charge in [-0.2, -0.15) is 4.98 Å². The monoisotopic (exact) mass is 211 g/mol. The van der Waals surface area contributed by atoms with E-state index in [9.17, 15) is 4.79 Å². The van der Waals surface area contributed by atoms with Crippen LogP contribution in [0.3, 0.4) is 0 Å². The summed E-state index contributed by atoms with van der Waals surface area (Å²) in [6.45, 7) is 1.87. The number of benzene rings is 1. The third-order valence-corrected chi connectivity index (χ3v) is 2.71. The van der Waals surface area contributed by atoms with Gasteiger partial charge in [-0.05, 0) is 18.4 Å². The minimum atomic E-state index is -0.318. The van der Waals surface area contributed by atoms with Crippen LogP contribution in [0.25, 0.3) is 21.7 Å². The molecule has 0 fully saturated rings. The molecule has 0 saturated carbocycles. The molecule has 4 nitrogen and oxygen atoms in total. The van der Waals surface area contributed by atoms with Gasteiger partial charge in [0.2, 0.25) is 0 Å². The highest BCUT2D eigenvalue weighted by Gasteiger charge is 2.05. The van der Waals surface area contributed by atoms with Crippen LogP contribution in [0.2, 0.25) is 0 Å². The fourth-order valence-electron chi connectivity index (χ4n) is 1.93. The predicted octanol–water partition coefficient (Wildman–Crippen LogP) is 1.78. The van der Waals surface area contributed by atoms with Gasteiger partial charge in [0.25, 0.3) is 0 Å². The van der Waals surface area contributed by atoms with Gasteiger partial charge in [-0.1, -0.05) is 12.1 Å². The molecular weight excluding hydrogens is 202 g/mol. The molecule has 0 aliphatic rings. The Morgan fingerprint density at radius 2 is 2.06 bits per heavy atom. The predicted molar refractivity (Wildman–Crippen MR) is 62.4 cm³/mol. The summed E-state index contributed by atoms with van der Waals surface area (Å²) in [5, 5.41) is 2.91. The van der Waals surface area contributed by atoms with E-state index in [1.165, 1.54) is 0 Å². The average Bonchev–Trinajstić information content (AvgIpc) is 2.28. The summed E-state index contributed by atoms with van der Waals surface area (Å²) in [6, 6.07) is 5.88. The molecule has 2 heterocycles. The number of rotatable bonds is 0. The van der Waals surface area contributed by atoms with Crippen molar-refractivity contribution in [3.05, 3.63) is 46.8 Å². The van der Waals surface area contributed by atoms with E-state index >= 15 is 0 Å². The molecule has 78 valence electrons. The van der Waals surface area contributed by atoms with E-state index in [4.69, 9.17) is 0 Å². The second-order valence-corrected chi connectivity index (χ2v) is 3.73. The molecule has 3 aromatic rings. The molecule has 3 rings (SSSR count). The number of hydrogen-bond acceptors (Lipinski definition) is 3. The molecule has 16 heavy (non-hydrogen) atoms. The fourth-order valence-corrected chi connectivity index (χ4v) is 1.93. The Morgan fingerprint density at radius 1 is 1.19 bits per heavy atom. The fraction of sp³-hybridized carbons (Fsp3) is 0.0833. The maximum atomic E-state index is 11.4. The third kappa shape index (κ3) is 1.20. The van der Waals surface area contributed by atoms with Gasteiger partial charge in [-0.25, -0.2) is 4.79 Å². The van der Waals surface area contributed by atoms with Gasteiger partial charge in [-0.15, -0.1) is 0 Å². The highest BCUT2D eigenvalue weighted by atomic mass is 16.1. The molecule has 2 aromatic heterocycles. The van der Waals surface area contributed by atoms with Crippen LogP contribution in [-0.2, 0) is 0 Å².